The molecule has 0 saturated heterocycles. The van der Waals surface area contributed by atoms with E-state index in [1.807, 2.05) is 0 Å². The molecule has 0 rings (SSSR count). The highest BCUT2D eigenvalue weighted by molar-refractivity contribution is 5.81. The maximum Gasteiger partial charge on any atom is 0.321 e. The third-order valence-corrected chi connectivity index (χ3v) is 0.967. The Morgan fingerprint density at radius 3 is 2.55 bits per heavy atom. The van der Waals surface area contributed by atoms with Crippen molar-refractivity contribution in [3.8, 4) is 0 Å². The van der Waals surface area contributed by atoms with Crippen molar-refractivity contribution >= 4 is 11.9 Å². The number of carboxylic acids is 1. The molecule has 0 amide bonds. The summed E-state index contributed by atoms with van der Waals surface area (Å²) < 4.78 is 4.37. The predicted octanol–water partition coefficient (Wildman–Crippen LogP) is -0.834. The lowest BCUT2D eigenvalue weighted by atomic mass is 10.2. The molecule has 0 bridgehead atoms. The average molecular weight is 160 g/mol. The molecule has 1 unspecified atom stereocenters. The van der Waals surface area contributed by atoms with Crippen molar-refractivity contribution in [1.29, 1.82) is 0 Å². The van der Waals surface area contributed by atoms with Crippen molar-refractivity contribution in [3.63, 3.8) is 0 Å². The first kappa shape index (κ1) is 9.90. The van der Waals surface area contributed by atoms with Crippen molar-refractivity contribution in [2.75, 3.05) is 6.61 Å². The largest absolute Gasteiger partial charge is 0.480 e. The number of carbonyl (C=O) groups excluding carboxylic acids is 1. The minimum absolute atomic E-state index is 0.00876. The molecular formula is C6H10NO4. The highest BCUT2D eigenvalue weighted by Gasteiger charge is 2.16. The van der Waals surface area contributed by atoms with Gasteiger partial charge in [-0.25, -0.2) is 0 Å². The molecule has 1 radical (unpaired) electrons. The fraction of sp³-hybridized carbons (Fsp3) is 0.500. The smallest absolute Gasteiger partial charge is 0.321 e. The van der Waals surface area contributed by atoms with Gasteiger partial charge in [0, 0.05) is 0 Å². The Hall–Kier alpha value is -1.10. The van der Waals surface area contributed by atoms with Gasteiger partial charge in [0.1, 0.15) is 6.04 Å². The Morgan fingerprint density at radius 2 is 2.18 bits per heavy atom. The number of ether oxygens (including phenoxy) is 1. The SMILES string of the molecule is [CH2]COC(=O)CC(N)C(=O)O. The normalized spacial score (nSPS) is 12.2. The summed E-state index contributed by atoms with van der Waals surface area (Å²) in [7, 11) is 0. The molecule has 0 aliphatic heterocycles. The lowest BCUT2D eigenvalue weighted by Crippen LogP contribution is -2.33. The molecule has 0 aromatic carbocycles. The number of carbonyl (C=O) groups is 2. The maximum atomic E-state index is 10.6. The van der Waals surface area contributed by atoms with E-state index in [4.69, 9.17) is 10.8 Å². The monoisotopic (exact) mass is 160 g/mol. The van der Waals surface area contributed by atoms with Crippen molar-refractivity contribution in [2.45, 2.75) is 12.5 Å². The van der Waals surface area contributed by atoms with E-state index in [-0.39, 0.29) is 13.0 Å². The van der Waals surface area contributed by atoms with Gasteiger partial charge in [0.15, 0.2) is 0 Å². The standard InChI is InChI=1S/C6H10NO4/c1-2-11-5(8)3-4(7)6(9)10/h4H,1-3,7H2,(H,9,10). The summed E-state index contributed by atoms with van der Waals surface area (Å²) in [6.07, 6.45) is -0.315. The zero-order chi connectivity index (χ0) is 8.85. The van der Waals surface area contributed by atoms with Gasteiger partial charge in [0.2, 0.25) is 0 Å². The van der Waals surface area contributed by atoms with Gasteiger partial charge < -0.3 is 15.6 Å². The number of rotatable bonds is 4. The molecule has 11 heavy (non-hydrogen) atoms. The van der Waals surface area contributed by atoms with Gasteiger partial charge in [-0.15, -0.1) is 0 Å². The topological polar surface area (TPSA) is 89.6 Å². The second kappa shape index (κ2) is 4.68. The molecule has 0 spiro atoms. The van der Waals surface area contributed by atoms with Crippen LogP contribution in [0, 0.1) is 6.92 Å². The minimum atomic E-state index is -1.22. The molecule has 0 heterocycles. The van der Waals surface area contributed by atoms with Gasteiger partial charge in [0.25, 0.3) is 0 Å². The van der Waals surface area contributed by atoms with Crippen molar-refractivity contribution < 1.29 is 19.4 Å². The molecule has 0 saturated carbocycles. The second-order valence-electron chi connectivity index (χ2n) is 1.87. The fourth-order valence-electron chi connectivity index (χ4n) is 0.440. The van der Waals surface area contributed by atoms with Crippen LogP contribution in [0.1, 0.15) is 6.42 Å². The zero-order valence-electron chi connectivity index (χ0n) is 5.95. The van der Waals surface area contributed by atoms with Crippen LogP contribution in [0.15, 0.2) is 0 Å². The molecular weight excluding hydrogens is 150 g/mol. The van der Waals surface area contributed by atoms with Crippen molar-refractivity contribution in [2.24, 2.45) is 5.73 Å². The first-order valence-corrected chi connectivity index (χ1v) is 3.01. The number of hydrogen-bond acceptors (Lipinski definition) is 4. The van der Waals surface area contributed by atoms with Crippen molar-refractivity contribution in [1.82, 2.24) is 0 Å². The number of esters is 1. The molecule has 0 aliphatic carbocycles. The van der Waals surface area contributed by atoms with Gasteiger partial charge in [-0.2, -0.15) is 0 Å². The summed E-state index contributed by atoms with van der Waals surface area (Å²) in [5, 5.41) is 8.25. The number of hydrogen-bond donors (Lipinski definition) is 2. The van der Waals surface area contributed by atoms with E-state index < -0.39 is 18.0 Å². The Labute approximate surface area is 64.1 Å². The van der Waals surface area contributed by atoms with E-state index in [0.717, 1.165) is 0 Å². The molecule has 3 N–H and O–H groups in total. The Balaban J connectivity index is 3.66. The minimum Gasteiger partial charge on any atom is -0.480 e. The van der Waals surface area contributed by atoms with Crippen LogP contribution in [0.2, 0.25) is 0 Å². The van der Waals surface area contributed by atoms with Crippen LogP contribution in [-0.4, -0.2) is 29.7 Å². The number of aliphatic carboxylic acids is 1. The average Bonchev–Trinajstić information content (AvgIpc) is 1.87. The first-order valence-electron chi connectivity index (χ1n) is 3.01. The zero-order valence-corrected chi connectivity index (χ0v) is 5.95. The molecule has 5 nitrogen and oxygen atoms in total. The Bertz CT molecular complexity index is 157. The molecule has 5 heteroatoms. The maximum absolute atomic E-state index is 10.6. The van der Waals surface area contributed by atoms with E-state index in [0.29, 0.717) is 0 Å². The summed E-state index contributed by atoms with van der Waals surface area (Å²) in [6, 6.07) is -1.19. The summed E-state index contributed by atoms with van der Waals surface area (Å²) in [6.45, 7) is 3.24. The van der Waals surface area contributed by atoms with Crippen LogP contribution in [0.4, 0.5) is 0 Å². The van der Waals surface area contributed by atoms with E-state index in [2.05, 4.69) is 11.7 Å². The summed E-state index contributed by atoms with van der Waals surface area (Å²) in [5.41, 5.74) is 5.03. The number of nitrogens with two attached hydrogens (primary N) is 1. The Kier molecular flexibility index (Phi) is 4.21. The van der Waals surface area contributed by atoms with Crippen LogP contribution in [0.25, 0.3) is 0 Å². The third kappa shape index (κ3) is 4.32. The first-order chi connectivity index (χ1) is 5.07. The van der Waals surface area contributed by atoms with Gasteiger partial charge in [0.05, 0.1) is 13.0 Å². The van der Waals surface area contributed by atoms with Crippen LogP contribution >= 0.6 is 0 Å². The molecule has 0 fully saturated rings. The summed E-state index contributed by atoms with van der Waals surface area (Å²) >= 11 is 0. The molecule has 63 valence electrons. The van der Waals surface area contributed by atoms with Gasteiger partial charge in [-0.05, 0) is 6.92 Å². The fourth-order valence-corrected chi connectivity index (χ4v) is 0.440. The van der Waals surface area contributed by atoms with Crippen LogP contribution < -0.4 is 5.73 Å². The lowest BCUT2D eigenvalue weighted by molar-refractivity contribution is -0.148. The van der Waals surface area contributed by atoms with E-state index in [9.17, 15) is 9.59 Å². The molecule has 0 aliphatic rings. The van der Waals surface area contributed by atoms with E-state index >= 15 is 0 Å². The third-order valence-electron chi connectivity index (χ3n) is 0.967. The van der Waals surface area contributed by atoms with Crippen LogP contribution in [0.5, 0.6) is 0 Å². The number of carboxylic acid groups (broad SMARTS) is 1. The highest BCUT2D eigenvalue weighted by atomic mass is 16.5. The highest BCUT2D eigenvalue weighted by Crippen LogP contribution is 1.91. The lowest BCUT2D eigenvalue weighted by Gasteiger charge is -2.04. The summed E-state index contributed by atoms with van der Waals surface area (Å²) in [4.78, 5) is 20.6. The molecule has 0 aromatic heterocycles. The summed E-state index contributed by atoms with van der Waals surface area (Å²) in [5.74, 6) is -1.86. The van der Waals surface area contributed by atoms with Gasteiger partial charge in [-0.3, -0.25) is 9.59 Å². The van der Waals surface area contributed by atoms with Crippen LogP contribution in [0.3, 0.4) is 0 Å². The molecule has 1 atom stereocenters. The van der Waals surface area contributed by atoms with Crippen LogP contribution in [-0.2, 0) is 14.3 Å². The van der Waals surface area contributed by atoms with Gasteiger partial charge in [-0.1, -0.05) is 0 Å². The van der Waals surface area contributed by atoms with E-state index in [1.54, 1.807) is 0 Å². The van der Waals surface area contributed by atoms with Crippen molar-refractivity contribution in [3.05, 3.63) is 6.92 Å². The quantitative estimate of drug-likeness (QED) is 0.523. The van der Waals surface area contributed by atoms with E-state index in [1.165, 1.54) is 0 Å². The second-order valence-corrected chi connectivity index (χ2v) is 1.87. The van der Waals surface area contributed by atoms with Gasteiger partial charge >= 0.3 is 11.9 Å². The predicted molar refractivity (Wildman–Crippen MR) is 36.5 cm³/mol. The Morgan fingerprint density at radius 1 is 1.64 bits per heavy atom. The molecule has 0 aromatic rings.